The number of carboxylic acids is 1. The van der Waals surface area contributed by atoms with Gasteiger partial charge in [0.05, 0.1) is 23.1 Å². The average Bonchev–Trinajstić information content (AvgIpc) is 2.35. The van der Waals surface area contributed by atoms with E-state index in [1.807, 2.05) is 10.8 Å². The molecular formula is C11H12N2O5S. The Balaban J connectivity index is 3.14. The first kappa shape index (κ1) is 15.1. The molecule has 1 atom stereocenters. The van der Waals surface area contributed by atoms with Gasteiger partial charge in [-0.25, -0.2) is 8.42 Å². The van der Waals surface area contributed by atoms with Gasteiger partial charge in [0.2, 0.25) is 10.0 Å². The van der Waals surface area contributed by atoms with E-state index in [9.17, 15) is 13.2 Å². The number of carbonyl (C=O) groups is 1. The van der Waals surface area contributed by atoms with Crippen molar-refractivity contribution in [2.75, 3.05) is 6.61 Å². The number of hydrogen-bond donors (Lipinski definition) is 3. The fraction of sp³-hybridized carbons (Fsp3) is 0.273. The molecule has 0 aliphatic heterocycles. The van der Waals surface area contributed by atoms with E-state index in [1.165, 1.54) is 25.1 Å². The monoisotopic (exact) mass is 284 g/mol. The summed E-state index contributed by atoms with van der Waals surface area (Å²) in [5.41, 5.74) is 0.613. The number of nitrogens with one attached hydrogen (secondary N) is 1. The number of aliphatic carboxylic acids is 1. The summed E-state index contributed by atoms with van der Waals surface area (Å²) in [6.07, 6.45) is 0. The predicted molar refractivity (Wildman–Crippen MR) is 64.7 cm³/mol. The van der Waals surface area contributed by atoms with Crippen molar-refractivity contribution < 1.29 is 23.4 Å². The SMILES string of the molecule is Cc1cc(C#N)ccc1S(=O)(=O)N[C@H](CO)C(=O)O. The summed E-state index contributed by atoms with van der Waals surface area (Å²) in [5, 5.41) is 26.2. The Morgan fingerprint density at radius 2 is 2.16 bits per heavy atom. The second-order valence-corrected chi connectivity index (χ2v) is 5.47. The van der Waals surface area contributed by atoms with Crippen molar-refractivity contribution in [1.82, 2.24) is 4.72 Å². The lowest BCUT2D eigenvalue weighted by molar-refractivity contribution is -0.139. The van der Waals surface area contributed by atoms with Gasteiger partial charge in [-0.1, -0.05) is 0 Å². The Morgan fingerprint density at radius 3 is 2.58 bits per heavy atom. The zero-order valence-electron chi connectivity index (χ0n) is 9.99. The van der Waals surface area contributed by atoms with Crippen molar-refractivity contribution in [1.29, 1.82) is 5.26 Å². The van der Waals surface area contributed by atoms with Crippen LogP contribution in [0.3, 0.4) is 0 Å². The molecule has 0 aliphatic rings. The molecule has 0 aromatic heterocycles. The molecule has 0 saturated heterocycles. The Bertz CT molecular complexity index is 633. The normalized spacial score (nSPS) is 12.7. The molecule has 1 rings (SSSR count). The third-order valence-corrected chi connectivity index (χ3v) is 4.00. The molecule has 0 heterocycles. The highest BCUT2D eigenvalue weighted by Crippen LogP contribution is 2.16. The van der Waals surface area contributed by atoms with Crippen molar-refractivity contribution in [2.45, 2.75) is 17.9 Å². The number of rotatable bonds is 5. The fourth-order valence-corrected chi connectivity index (χ4v) is 2.84. The molecule has 0 aliphatic carbocycles. The van der Waals surface area contributed by atoms with Crippen molar-refractivity contribution in [3.8, 4) is 6.07 Å². The maximum atomic E-state index is 12.0. The number of aryl methyl sites for hydroxylation is 1. The Morgan fingerprint density at radius 1 is 1.53 bits per heavy atom. The van der Waals surface area contributed by atoms with Crippen LogP contribution in [0.1, 0.15) is 11.1 Å². The number of nitriles is 1. The molecule has 0 spiro atoms. The first-order valence-electron chi connectivity index (χ1n) is 5.18. The zero-order valence-corrected chi connectivity index (χ0v) is 10.8. The first-order valence-corrected chi connectivity index (χ1v) is 6.67. The van der Waals surface area contributed by atoms with Crippen LogP contribution >= 0.6 is 0 Å². The first-order chi connectivity index (χ1) is 8.81. The molecule has 7 nitrogen and oxygen atoms in total. The molecule has 0 fully saturated rings. The lowest BCUT2D eigenvalue weighted by Gasteiger charge is -2.13. The van der Waals surface area contributed by atoms with Gasteiger partial charge in [0.1, 0.15) is 6.04 Å². The van der Waals surface area contributed by atoms with Gasteiger partial charge in [0.25, 0.3) is 0 Å². The van der Waals surface area contributed by atoms with Gasteiger partial charge >= 0.3 is 5.97 Å². The molecule has 19 heavy (non-hydrogen) atoms. The predicted octanol–water partition coefficient (Wildman–Crippen LogP) is -0.410. The van der Waals surface area contributed by atoms with E-state index in [4.69, 9.17) is 15.5 Å². The molecule has 1 aromatic rings. The number of benzene rings is 1. The molecule has 8 heteroatoms. The Kier molecular flexibility index (Phi) is 4.61. The number of sulfonamides is 1. The van der Waals surface area contributed by atoms with Gasteiger partial charge in [-0.3, -0.25) is 4.79 Å². The smallest absolute Gasteiger partial charge is 0.324 e. The second-order valence-electron chi connectivity index (χ2n) is 3.79. The highest BCUT2D eigenvalue weighted by Gasteiger charge is 2.25. The minimum absolute atomic E-state index is 0.133. The third kappa shape index (κ3) is 3.51. The number of nitrogens with zero attached hydrogens (tertiary/aromatic N) is 1. The lowest BCUT2D eigenvalue weighted by atomic mass is 10.2. The highest BCUT2D eigenvalue weighted by atomic mass is 32.2. The molecule has 0 unspecified atom stereocenters. The van der Waals surface area contributed by atoms with Gasteiger partial charge in [0, 0.05) is 0 Å². The van der Waals surface area contributed by atoms with Crippen molar-refractivity contribution in [2.24, 2.45) is 0 Å². The van der Waals surface area contributed by atoms with Crippen LogP contribution in [0.15, 0.2) is 23.1 Å². The van der Waals surface area contributed by atoms with Crippen LogP contribution < -0.4 is 4.72 Å². The fourth-order valence-electron chi connectivity index (χ4n) is 1.44. The van der Waals surface area contributed by atoms with E-state index < -0.39 is 28.6 Å². The van der Waals surface area contributed by atoms with E-state index in [2.05, 4.69) is 0 Å². The Hall–Kier alpha value is -1.95. The van der Waals surface area contributed by atoms with Crippen LogP contribution in [-0.2, 0) is 14.8 Å². The number of aliphatic hydroxyl groups excluding tert-OH is 1. The van der Waals surface area contributed by atoms with Crippen LogP contribution in [0.25, 0.3) is 0 Å². The van der Waals surface area contributed by atoms with Gasteiger partial charge in [-0.05, 0) is 30.7 Å². The summed E-state index contributed by atoms with van der Waals surface area (Å²) in [7, 11) is -4.07. The third-order valence-electron chi connectivity index (χ3n) is 2.37. The molecule has 3 N–H and O–H groups in total. The number of hydrogen-bond acceptors (Lipinski definition) is 5. The van der Waals surface area contributed by atoms with E-state index in [0.29, 0.717) is 11.1 Å². The summed E-state index contributed by atoms with van der Waals surface area (Å²) in [5.74, 6) is -1.47. The van der Waals surface area contributed by atoms with Gasteiger partial charge in [0.15, 0.2) is 0 Å². The highest BCUT2D eigenvalue weighted by molar-refractivity contribution is 7.89. The number of carboxylic acid groups (broad SMARTS) is 1. The maximum absolute atomic E-state index is 12.0. The summed E-state index contributed by atoms with van der Waals surface area (Å²) in [4.78, 5) is 10.6. The average molecular weight is 284 g/mol. The van der Waals surface area contributed by atoms with E-state index in [-0.39, 0.29) is 4.90 Å². The van der Waals surface area contributed by atoms with Crippen LogP contribution in [-0.4, -0.2) is 37.2 Å². The molecular weight excluding hydrogens is 272 g/mol. The minimum Gasteiger partial charge on any atom is -0.480 e. The van der Waals surface area contributed by atoms with E-state index in [0.717, 1.165) is 0 Å². The summed E-state index contributed by atoms with van der Waals surface area (Å²) >= 11 is 0. The molecule has 0 radical (unpaired) electrons. The van der Waals surface area contributed by atoms with Crippen molar-refractivity contribution >= 4 is 16.0 Å². The quantitative estimate of drug-likeness (QED) is 0.674. The summed E-state index contributed by atoms with van der Waals surface area (Å²) in [6.45, 7) is 0.633. The Labute approximate surface area is 110 Å². The lowest BCUT2D eigenvalue weighted by Crippen LogP contribution is -2.43. The molecule has 102 valence electrons. The van der Waals surface area contributed by atoms with E-state index >= 15 is 0 Å². The topological polar surface area (TPSA) is 127 Å². The summed E-state index contributed by atoms with van der Waals surface area (Å²) in [6, 6.07) is 4.17. The van der Waals surface area contributed by atoms with Crippen LogP contribution in [0.4, 0.5) is 0 Å². The van der Waals surface area contributed by atoms with Crippen LogP contribution in [0.2, 0.25) is 0 Å². The molecule has 0 saturated carbocycles. The van der Waals surface area contributed by atoms with Crippen LogP contribution in [0.5, 0.6) is 0 Å². The van der Waals surface area contributed by atoms with Gasteiger partial charge in [-0.15, -0.1) is 0 Å². The van der Waals surface area contributed by atoms with Gasteiger partial charge < -0.3 is 10.2 Å². The largest absolute Gasteiger partial charge is 0.480 e. The summed E-state index contributed by atoms with van der Waals surface area (Å²) < 4.78 is 25.8. The van der Waals surface area contributed by atoms with Crippen molar-refractivity contribution in [3.05, 3.63) is 29.3 Å². The minimum atomic E-state index is -4.07. The van der Waals surface area contributed by atoms with Crippen molar-refractivity contribution in [3.63, 3.8) is 0 Å². The zero-order chi connectivity index (χ0) is 14.6. The maximum Gasteiger partial charge on any atom is 0.324 e. The standard InChI is InChI=1S/C11H12N2O5S/c1-7-4-8(5-12)2-3-10(7)19(17,18)13-9(6-14)11(15)16/h2-4,9,13-14H,6H2,1H3,(H,15,16)/t9-/m1/s1. The number of aliphatic hydroxyl groups is 1. The molecule has 0 bridgehead atoms. The molecule has 0 amide bonds. The van der Waals surface area contributed by atoms with E-state index in [1.54, 1.807) is 0 Å². The van der Waals surface area contributed by atoms with Crippen LogP contribution in [0, 0.1) is 18.3 Å². The van der Waals surface area contributed by atoms with Gasteiger partial charge in [-0.2, -0.15) is 9.98 Å². The second kappa shape index (κ2) is 5.79. The molecule has 1 aromatic carbocycles.